The number of hydrogen-bond donors (Lipinski definition) is 1. The van der Waals surface area contributed by atoms with Crippen LogP contribution in [-0.2, 0) is 4.79 Å². The molecule has 0 saturated carbocycles. The molecule has 0 radical (unpaired) electrons. The summed E-state index contributed by atoms with van der Waals surface area (Å²) in [5, 5.41) is 8.75. The van der Waals surface area contributed by atoms with E-state index in [0.29, 0.717) is 6.54 Å². The highest BCUT2D eigenvalue weighted by molar-refractivity contribution is 5.68. The van der Waals surface area contributed by atoms with Crippen molar-refractivity contribution in [3.63, 3.8) is 0 Å². The number of carbonyl (C=O) groups is 1. The van der Waals surface area contributed by atoms with Gasteiger partial charge in [0.2, 0.25) is 0 Å². The Morgan fingerprint density at radius 2 is 1.37 bits per heavy atom. The molecule has 0 saturated heterocycles. The molecule has 0 aromatic heterocycles. The fourth-order valence-corrected chi connectivity index (χ4v) is 2.16. The Bertz CT molecular complexity index is 386. The van der Waals surface area contributed by atoms with Crippen LogP contribution < -0.4 is 9.80 Å². The molecule has 4 heteroatoms. The van der Waals surface area contributed by atoms with Crippen LogP contribution in [0.15, 0.2) is 24.3 Å². The molecule has 0 aliphatic rings. The molecular formula is C15H24N2O2. The van der Waals surface area contributed by atoms with E-state index < -0.39 is 5.97 Å². The summed E-state index contributed by atoms with van der Waals surface area (Å²) in [7, 11) is 0. The largest absolute Gasteiger partial charge is 0.481 e. The third-order valence-corrected chi connectivity index (χ3v) is 3.32. The number of carboxylic acid groups (broad SMARTS) is 1. The van der Waals surface area contributed by atoms with Gasteiger partial charge in [-0.2, -0.15) is 0 Å². The maximum atomic E-state index is 10.6. The van der Waals surface area contributed by atoms with E-state index in [2.05, 4.69) is 47.9 Å². The zero-order valence-corrected chi connectivity index (χ0v) is 12.1. The maximum Gasteiger partial charge on any atom is 0.305 e. The van der Waals surface area contributed by atoms with Gasteiger partial charge in [-0.15, -0.1) is 0 Å². The first kappa shape index (κ1) is 15.3. The fraction of sp³-hybridized carbons (Fsp3) is 0.533. The first-order chi connectivity index (χ1) is 9.12. The lowest BCUT2D eigenvalue weighted by molar-refractivity contribution is -0.136. The Morgan fingerprint density at radius 3 is 1.74 bits per heavy atom. The minimum absolute atomic E-state index is 0.172. The number of aliphatic carboxylic acids is 1. The lowest BCUT2D eigenvalue weighted by atomic mass is 10.2. The molecule has 4 nitrogen and oxygen atoms in total. The predicted molar refractivity (Wildman–Crippen MR) is 80.1 cm³/mol. The van der Waals surface area contributed by atoms with Crippen LogP contribution in [0.4, 0.5) is 11.4 Å². The highest BCUT2D eigenvalue weighted by Crippen LogP contribution is 2.20. The molecule has 0 unspecified atom stereocenters. The summed E-state index contributed by atoms with van der Waals surface area (Å²) >= 11 is 0. The molecule has 0 fully saturated rings. The summed E-state index contributed by atoms with van der Waals surface area (Å²) < 4.78 is 0. The third kappa shape index (κ3) is 4.47. The van der Waals surface area contributed by atoms with Crippen molar-refractivity contribution in [1.29, 1.82) is 0 Å². The second-order valence-electron chi connectivity index (χ2n) is 4.41. The van der Waals surface area contributed by atoms with Crippen molar-refractivity contribution in [2.45, 2.75) is 27.2 Å². The van der Waals surface area contributed by atoms with E-state index >= 15 is 0 Å². The van der Waals surface area contributed by atoms with Crippen molar-refractivity contribution in [2.24, 2.45) is 0 Å². The monoisotopic (exact) mass is 264 g/mol. The normalized spacial score (nSPS) is 10.3. The van der Waals surface area contributed by atoms with Crippen molar-refractivity contribution < 1.29 is 9.90 Å². The van der Waals surface area contributed by atoms with Gasteiger partial charge in [0.25, 0.3) is 0 Å². The van der Waals surface area contributed by atoms with Crippen molar-refractivity contribution >= 4 is 17.3 Å². The minimum atomic E-state index is -0.752. The second-order valence-corrected chi connectivity index (χ2v) is 4.41. The molecule has 1 N–H and O–H groups in total. The lowest BCUT2D eigenvalue weighted by Crippen LogP contribution is -2.26. The van der Waals surface area contributed by atoms with E-state index in [1.807, 2.05) is 6.92 Å². The summed E-state index contributed by atoms with van der Waals surface area (Å²) in [6.45, 7) is 9.68. The summed E-state index contributed by atoms with van der Waals surface area (Å²) in [4.78, 5) is 15.0. The van der Waals surface area contributed by atoms with Crippen LogP contribution in [0.25, 0.3) is 0 Å². The van der Waals surface area contributed by atoms with Gasteiger partial charge in [-0.3, -0.25) is 4.79 Å². The van der Waals surface area contributed by atoms with Crippen LogP contribution in [0.1, 0.15) is 27.2 Å². The van der Waals surface area contributed by atoms with Crippen molar-refractivity contribution in [2.75, 3.05) is 36.0 Å². The molecule has 0 spiro atoms. The lowest BCUT2D eigenvalue weighted by Gasteiger charge is -2.25. The van der Waals surface area contributed by atoms with Gasteiger partial charge < -0.3 is 14.9 Å². The van der Waals surface area contributed by atoms with E-state index in [1.54, 1.807) is 0 Å². The summed E-state index contributed by atoms with van der Waals surface area (Å²) in [6, 6.07) is 8.34. The fourth-order valence-electron chi connectivity index (χ4n) is 2.16. The Kier molecular flexibility index (Phi) is 6.19. The average molecular weight is 264 g/mol. The van der Waals surface area contributed by atoms with E-state index in [1.165, 1.54) is 5.69 Å². The number of hydrogen-bond acceptors (Lipinski definition) is 3. The van der Waals surface area contributed by atoms with E-state index in [4.69, 9.17) is 5.11 Å². The summed E-state index contributed by atoms with van der Waals surface area (Å²) in [5.74, 6) is -0.752. The van der Waals surface area contributed by atoms with Gasteiger partial charge in [-0.25, -0.2) is 0 Å². The first-order valence-corrected chi connectivity index (χ1v) is 6.94. The van der Waals surface area contributed by atoms with Gasteiger partial charge >= 0.3 is 5.97 Å². The molecule has 0 amide bonds. The third-order valence-electron chi connectivity index (χ3n) is 3.32. The average Bonchev–Trinajstić information content (AvgIpc) is 2.42. The Labute approximate surface area is 115 Å². The molecule has 1 rings (SSSR count). The summed E-state index contributed by atoms with van der Waals surface area (Å²) in [6.07, 6.45) is 0.172. The molecule has 106 valence electrons. The molecular weight excluding hydrogens is 240 g/mol. The zero-order chi connectivity index (χ0) is 14.3. The van der Waals surface area contributed by atoms with Crippen LogP contribution in [0, 0.1) is 0 Å². The molecule has 0 aliphatic carbocycles. The Balaban J connectivity index is 2.75. The first-order valence-electron chi connectivity index (χ1n) is 6.94. The van der Waals surface area contributed by atoms with E-state index in [9.17, 15) is 4.79 Å². The standard InChI is InChI=1S/C15H24N2O2/c1-4-16(5-2)13-7-9-14(10-8-13)17(6-3)12-11-15(18)19/h7-10H,4-6,11-12H2,1-3H3,(H,18,19). The zero-order valence-electron chi connectivity index (χ0n) is 12.1. The predicted octanol–water partition coefficient (Wildman–Crippen LogP) is 2.83. The minimum Gasteiger partial charge on any atom is -0.481 e. The van der Waals surface area contributed by atoms with Gasteiger partial charge in [0.15, 0.2) is 0 Å². The molecule has 19 heavy (non-hydrogen) atoms. The van der Waals surface area contributed by atoms with Crippen LogP contribution in [0.5, 0.6) is 0 Å². The molecule has 0 heterocycles. The molecule has 0 aliphatic heterocycles. The molecule has 1 aromatic carbocycles. The number of carboxylic acids is 1. The summed E-state index contributed by atoms with van der Waals surface area (Å²) in [5.41, 5.74) is 2.29. The van der Waals surface area contributed by atoms with Gasteiger partial charge in [0.1, 0.15) is 0 Å². The van der Waals surface area contributed by atoms with Crippen LogP contribution in [0.2, 0.25) is 0 Å². The SMILES string of the molecule is CCN(CC)c1ccc(N(CC)CCC(=O)O)cc1. The number of benzene rings is 1. The van der Waals surface area contributed by atoms with Crippen molar-refractivity contribution in [3.05, 3.63) is 24.3 Å². The van der Waals surface area contributed by atoms with Crippen LogP contribution in [0.3, 0.4) is 0 Å². The molecule has 1 aromatic rings. The van der Waals surface area contributed by atoms with Crippen LogP contribution in [-0.4, -0.2) is 37.3 Å². The van der Waals surface area contributed by atoms with Crippen molar-refractivity contribution in [3.8, 4) is 0 Å². The molecule has 0 bridgehead atoms. The topological polar surface area (TPSA) is 43.8 Å². The van der Waals surface area contributed by atoms with Gasteiger partial charge in [0, 0.05) is 37.6 Å². The second kappa shape index (κ2) is 7.67. The van der Waals surface area contributed by atoms with Crippen LogP contribution >= 0.6 is 0 Å². The number of nitrogens with zero attached hydrogens (tertiary/aromatic N) is 2. The molecule has 0 atom stereocenters. The highest BCUT2D eigenvalue weighted by Gasteiger charge is 2.08. The van der Waals surface area contributed by atoms with Gasteiger partial charge in [-0.05, 0) is 45.0 Å². The quantitative estimate of drug-likeness (QED) is 0.784. The Hall–Kier alpha value is -1.71. The van der Waals surface area contributed by atoms with Gasteiger partial charge in [0.05, 0.1) is 6.42 Å². The maximum absolute atomic E-state index is 10.6. The van der Waals surface area contributed by atoms with E-state index in [-0.39, 0.29) is 6.42 Å². The van der Waals surface area contributed by atoms with Gasteiger partial charge in [-0.1, -0.05) is 0 Å². The Morgan fingerprint density at radius 1 is 0.947 bits per heavy atom. The highest BCUT2D eigenvalue weighted by atomic mass is 16.4. The van der Waals surface area contributed by atoms with Crippen molar-refractivity contribution in [1.82, 2.24) is 0 Å². The number of anilines is 2. The smallest absolute Gasteiger partial charge is 0.305 e. The number of rotatable bonds is 8. The van der Waals surface area contributed by atoms with E-state index in [0.717, 1.165) is 25.3 Å².